The Kier molecular flexibility index (Phi) is 4.22. The predicted octanol–water partition coefficient (Wildman–Crippen LogP) is 1.27. The van der Waals surface area contributed by atoms with Crippen molar-refractivity contribution in [1.29, 1.82) is 0 Å². The molecule has 1 aliphatic carbocycles. The van der Waals surface area contributed by atoms with E-state index in [-0.39, 0.29) is 5.54 Å². The van der Waals surface area contributed by atoms with E-state index in [9.17, 15) is 5.11 Å². The normalized spacial score (nSPS) is 40.1. The molecule has 2 fully saturated rings. The van der Waals surface area contributed by atoms with Gasteiger partial charge in [0.1, 0.15) is 0 Å². The van der Waals surface area contributed by atoms with Crippen molar-refractivity contribution in [3.8, 4) is 0 Å². The van der Waals surface area contributed by atoms with Crippen LogP contribution in [0.25, 0.3) is 0 Å². The Hall–Kier alpha value is -0.120. The number of rotatable bonds is 4. The average molecular weight is 226 g/mol. The first-order valence-corrected chi connectivity index (χ1v) is 6.83. The van der Waals surface area contributed by atoms with E-state index in [4.69, 9.17) is 0 Å². The van der Waals surface area contributed by atoms with Crippen molar-refractivity contribution in [2.24, 2.45) is 5.92 Å². The number of aliphatic hydroxyl groups excluding tert-OH is 1. The minimum Gasteiger partial charge on any atom is -0.394 e. The van der Waals surface area contributed by atoms with Gasteiger partial charge in [-0.05, 0) is 51.0 Å². The van der Waals surface area contributed by atoms with Crippen LogP contribution in [0, 0.1) is 5.92 Å². The van der Waals surface area contributed by atoms with Crippen LogP contribution in [0.3, 0.4) is 0 Å². The zero-order valence-electron chi connectivity index (χ0n) is 10.5. The van der Waals surface area contributed by atoms with Gasteiger partial charge in [-0.1, -0.05) is 6.92 Å². The molecular weight excluding hydrogens is 200 g/mol. The van der Waals surface area contributed by atoms with Gasteiger partial charge in [0.05, 0.1) is 6.61 Å². The van der Waals surface area contributed by atoms with Gasteiger partial charge < -0.3 is 15.7 Å². The molecule has 0 bridgehead atoms. The van der Waals surface area contributed by atoms with Gasteiger partial charge >= 0.3 is 0 Å². The third-order valence-electron chi connectivity index (χ3n) is 4.42. The Morgan fingerprint density at radius 2 is 2.06 bits per heavy atom. The summed E-state index contributed by atoms with van der Waals surface area (Å²) in [6.45, 7) is 4.80. The molecule has 1 saturated heterocycles. The molecule has 1 unspecified atom stereocenters. The molecule has 3 nitrogen and oxygen atoms in total. The smallest absolute Gasteiger partial charge is 0.0613 e. The van der Waals surface area contributed by atoms with Crippen molar-refractivity contribution >= 4 is 0 Å². The highest BCUT2D eigenvalue weighted by atomic mass is 16.3. The summed E-state index contributed by atoms with van der Waals surface area (Å²) in [5.74, 6) is 0.839. The fourth-order valence-corrected chi connectivity index (χ4v) is 2.98. The van der Waals surface area contributed by atoms with Crippen LogP contribution in [0.5, 0.6) is 0 Å². The monoisotopic (exact) mass is 226 g/mol. The van der Waals surface area contributed by atoms with Crippen molar-refractivity contribution in [2.75, 3.05) is 19.7 Å². The van der Waals surface area contributed by atoms with Crippen LogP contribution < -0.4 is 10.6 Å². The van der Waals surface area contributed by atoms with Gasteiger partial charge in [-0.25, -0.2) is 0 Å². The molecule has 1 atom stereocenters. The molecule has 0 amide bonds. The van der Waals surface area contributed by atoms with Gasteiger partial charge in [0.2, 0.25) is 0 Å². The van der Waals surface area contributed by atoms with E-state index in [1.807, 2.05) is 0 Å². The van der Waals surface area contributed by atoms with E-state index in [1.54, 1.807) is 0 Å². The summed E-state index contributed by atoms with van der Waals surface area (Å²) < 4.78 is 0. The summed E-state index contributed by atoms with van der Waals surface area (Å²) in [6.07, 6.45) is 7.37. The predicted molar refractivity (Wildman–Crippen MR) is 66.5 cm³/mol. The highest BCUT2D eigenvalue weighted by Crippen LogP contribution is 2.31. The lowest BCUT2D eigenvalue weighted by molar-refractivity contribution is 0.104. The topological polar surface area (TPSA) is 44.3 Å². The lowest BCUT2D eigenvalue weighted by Gasteiger charge is -2.39. The second-order valence-corrected chi connectivity index (χ2v) is 5.80. The second kappa shape index (κ2) is 5.48. The highest BCUT2D eigenvalue weighted by Gasteiger charge is 2.33. The van der Waals surface area contributed by atoms with E-state index in [1.165, 1.54) is 25.7 Å². The quantitative estimate of drug-likeness (QED) is 0.676. The number of hydrogen-bond donors (Lipinski definition) is 3. The molecule has 94 valence electrons. The molecule has 1 saturated carbocycles. The Morgan fingerprint density at radius 3 is 2.62 bits per heavy atom. The molecule has 0 aromatic carbocycles. The molecule has 1 heterocycles. The molecule has 1 aliphatic heterocycles. The van der Waals surface area contributed by atoms with E-state index < -0.39 is 0 Å². The van der Waals surface area contributed by atoms with Gasteiger partial charge in [0, 0.05) is 18.1 Å². The molecular formula is C13H26N2O. The molecule has 0 aromatic heterocycles. The maximum absolute atomic E-state index is 9.62. The van der Waals surface area contributed by atoms with Crippen LogP contribution in [-0.2, 0) is 0 Å². The van der Waals surface area contributed by atoms with Crippen LogP contribution in [0.2, 0.25) is 0 Å². The maximum atomic E-state index is 9.62. The van der Waals surface area contributed by atoms with Crippen molar-refractivity contribution in [2.45, 2.75) is 57.0 Å². The van der Waals surface area contributed by atoms with Crippen LogP contribution in [-0.4, -0.2) is 36.4 Å². The largest absolute Gasteiger partial charge is 0.394 e. The van der Waals surface area contributed by atoms with Crippen LogP contribution in [0.15, 0.2) is 0 Å². The first-order chi connectivity index (χ1) is 7.74. The first-order valence-electron chi connectivity index (χ1n) is 6.83. The fraction of sp³-hybridized carbons (Fsp3) is 1.00. The van der Waals surface area contributed by atoms with E-state index >= 15 is 0 Å². The Balaban J connectivity index is 1.79. The third kappa shape index (κ3) is 2.96. The SMILES string of the molecule is CC1CCC(CO)(NCC2CCCN2)CC1. The summed E-state index contributed by atoms with van der Waals surface area (Å²) in [6, 6.07) is 0.628. The molecule has 2 aliphatic rings. The third-order valence-corrected chi connectivity index (χ3v) is 4.42. The highest BCUT2D eigenvalue weighted by molar-refractivity contribution is 4.93. The van der Waals surface area contributed by atoms with E-state index in [2.05, 4.69) is 17.6 Å². The molecule has 0 radical (unpaired) electrons. The minimum atomic E-state index is 0.0246. The van der Waals surface area contributed by atoms with Gasteiger partial charge in [-0.2, -0.15) is 0 Å². The van der Waals surface area contributed by atoms with Crippen LogP contribution >= 0.6 is 0 Å². The van der Waals surface area contributed by atoms with Crippen molar-refractivity contribution in [3.63, 3.8) is 0 Å². The Bertz CT molecular complexity index is 206. The van der Waals surface area contributed by atoms with Gasteiger partial charge in [0.25, 0.3) is 0 Å². The van der Waals surface area contributed by atoms with E-state index in [0.29, 0.717) is 12.6 Å². The molecule has 3 heteroatoms. The average Bonchev–Trinajstić information content (AvgIpc) is 2.82. The number of nitrogens with one attached hydrogen (secondary N) is 2. The van der Waals surface area contributed by atoms with Crippen molar-refractivity contribution in [3.05, 3.63) is 0 Å². The zero-order valence-corrected chi connectivity index (χ0v) is 10.5. The number of aliphatic hydroxyl groups is 1. The molecule has 3 N–H and O–H groups in total. The lowest BCUT2D eigenvalue weighted by Crippen LogP contribution is -2.53. The summed E-state index contributed by atoms with van der Waals surface area (Å²) in [7, 11) is 0. The maximum Gasteiger partial charge on any atom is 0.0613 e. The molecule has 0 spiro atoms. The van der Waals surface area contributed by atoms with E-state index in [0.717, 1.165) is 31.8 Å². The van der Waals surface area contributed by atoms with Crippen LogP contribution in [0.4, 0.5) is 0 Å². The molecule has 16 heavy (non-hydrogen) atoms. The van der Waals surface area contributed by atoms with Crippen LogP contribution in [0.1, 0.15) is 45.4 Å². The number of hydrogen-bond acceptors (Lipinski definition) is 3. The molecule has 0 aromatic rings. The molecule has 2 rings (SSSR count). The van der Waals surface area contributed by atoms with Gasteiger partial charge in [-0.15, -0.1) is 0 Å². The van der Waals surface area contributed by atoms with Crippen molar-refractivity contribution < 1.29 is 5.11 Å². The summed E-state index contributed by atoms with van der Waals surface area (Å²) in [5.41, 5.74) is 0.0246. The van der Waals surface area contributed by atoms with Gasteiger partial charge in [0.15, 0.2) is 0 Å². The van der Waals surface area contributed by atoms with Gasteiger partial charge in [-0.3, -0.25) is 0 Å². The Labute approximate surface area is 99.0 Å². The summed E-state index contributed by atoms with van der Waals surface area (Å²) in [5, 5.41) is 16.8. The standard InChI is InChI=1S/C13H26N2O/c1-11-4-6-13(10-16,7-5-11)15-9-12-3-2-8-14-12/h11-12,14-16H,2-10H2,1H3. The zero-order chi connectivity index (χ0) is 11.4. The minimum absolute atomic E-state index is 0.0246. The first kappa shape index (κ1) is 12.3. The van der Waals surface area contributed by atoms with Crippen molar-refractivity contribution in [1.82, 2.24) is 10.6 Å². The fourth-order valence-electron chi connectivity index (χ4n) is 2.98. The second-order valence-electron chi connectivity index (χ2n) is 5.80. The summed E-state index contributed by atoms with van der Waals surface area (Å²) in [4.78, 5) is 0. The Morgan fingerprint density at radius 1 is 1.31 bits per heavy atom. The summed E-state index contributed by atoms with van der Waals surface area (Å²) >= 11 is 0. The lowest BCUT2D eigenvalue weighted by atomic mass is 9.77.